The molecular formula is C24H26BrN3O2. The van der Waals surface area contributed by atoms with Crippen molar-refractivity contribution in [3.8, 4) is 17.6 Å². The minimum Gasteiger partial charge on any atom is -0.490 e. The Balaban J connectivity index is 2.08. The molecule has 0 fully saturated rings. The van der Waals surface area contributed by atoms with Crippen molar-refractivity contribution in [2.45, 2.75) is 39.5 Å². The summed E-state index contributed by atoms with van der Waals surface area (Å²) in [7, 11) is 0. The van der Waals surface area contributed by atoms with Gasteiger partial charge in [-0.2, -0.15) is 5.26 Å². The van der Waals surface area contributed by atoms with E-state index in [1.807, 2.05) is 36.4 Å². The maximum Gasteiger partial charge on any atom is 0.187 e. The molecule has 0 unspecified atom stereocenters. The molecule has 0 amide bonds. The second-order valence-corrected chi connectivity index (χ2v) is 7.90. The van der Waals surface area contributed by atoms with Crippen LogP contribution in [0.25, 0.3) is 10.9 Å². The van der Waals surface area contributed by atoms with Gasteiger partial charge in [-0.15, -0.1) is 0 Å². The van der Waals surface area contributed by atoms with Gasteiger partial charge in [0.15, 0.2) is 11.5 Å². The van der Waals surface area contributed by atoms with Crippen LogP contribution in [0.1, 0.15) is 45.1 Å². The number of hydrogen-bond donors (Lipinski definition) is 1. The van der Waals surface area contributed by atoms with E-state index in [1.54, 1.807) is 6.20 Å². The van der Waals surface area contributed by atoms with Crippen LogP contribution in [-0.4, -0.2) is 18.2 Å². The monoisotopic (exact) mass is 467 g/mol. The molecule has 0 radical (unpaired) electrons. The van der Waals surface area contributed by atoms with Gasteiger partial charge in [-0.25, -0.2) is 0 Å². The summed E-state index contributed by atoms with van der Waals surface area (Å²) >= 11 is 3.49. The van der Waals surface area contributed by atoms with Crippen LogP contribution >= 0.6 is 15.9 Å². The molecule has 2 aromatic carbocycles. The van der Waals surface area contributed by atoms with Gasteiger partial charge in [0.2, 0.25) is 0 Å². The third kappa shape index (κ3) is 5.22. The second-order valence-electron chi connectivity index (χ2n) is 6.99. The molecule has 30 heavy (non-hydrogen) atoms. The Morgan fingerprint density at radius 2 is 1.83 bits per heavy atom. The molecule has 156 valence electrons. The smallest absolute Gasteiger partial charge is 0.187 e. The first-order chi connectivity index (χ1) is 14.7. The molecular weight excluding hydrogens is 442 g/mol. The van der Waals surface area contributed by atoms with Crippen molar-refractivity contribution >= 4 is 38.2 Å². The van der Waals surface area contributed by atoms with Crippen molar-refractivity contribution in [3.63, 3.8) is 0 Å². The highest BCUT2D eigenvalue weighted by Gasteiger charge is 2.17. The number of nitrogens with zero attached hydrogens (tertiary/aromatic N) is 2. The first-order valence-corrected chi connectivity index (χ1v) is 11.1. The number of unbranched alkanes of at least 4 members (excludes halogenated alkanes) is 2. The van der Waals surface area contributed by atoms with E-state index in [-0.39, 0.29) is 0 Å². The van der Waals surface area contributed by atoms with Gasteiger partial charge in [0, 0.05) is 21.7 Å². The summed E-state index contributed by atoms with van der Waals surface area (Å²) < 4.78 is 13.1. The number of nitriles is 1. The number of fused-ring (bicyclic) bond motifs is 1. The van der Waals surface area contributed by atoms with Crippen molar-refractivity contribution in [2.75, 3.05) is 18.5 Å². The summed E-state index contributed by atoms with van der Waals surface area (Å²) in [6, 6.07) is 13.9. The van der Waals surface area contributed by atoms with E-state index < -0.39 is 0 Å². The molecule has 0 aliphatic heterocycles. The molecule has 0 aliphatic carbocycles. The van der Waals surface area contributed by atoms with Crippen LogP contribution in [-0.2, 0) is 0 Å². The number of anilines is 2. The lowest BCUT2D eigenvalue weighted by molar-refractivity contribution is 0.264. The highest BCUT2D eigenvalue weighted by atomic mass is 79.9. The number of benzene rings is 2. The van der Waals surface area contributed by atoms with Crippen LogP contribution < -0.4 is 14.8 Å². The molecule has 3 aromatic rings. The number of nitrogens with one attached hydrogen (secondary N) is 1. The third-order valence-corrected chi connectivity index (χ3v) is 5.16. The van der Waals surface area contributed by atoms with Gasteiger partial charge in [-0.3, -0.25) is 4.98 Å². The molecule has 0 aliphatic rings. The van der Waals surface area contributed by atoms with E-state index in [9.17, 15) is 5.26 Å². The van der Waals surface area contributed by atoms with Crippen molar-refractivity contribution < 1.29 is 9.47 Å². The summed E-state index contributed by atoms with van der Waals surface area (Å²) in [5.41, 5.74) is 2.75. The lowest BCUT2D eigenvalue weighted by Gasteiger charge is -2.17. The molecule has 1 N–H and O–H groups in total. The molecule has 1 heterocycles. The fourth-order valence-corrected chi connectivity index (χ4v) is 3.45. The predicted molar refractivity (Wildman–Crippen MR) is 125 cm³/mol. The highest BCUT2D eigenvalue weighted by molar-refractivity contribution is 9.10. The fraction of sp³-hybridized carbons (Fsp3) is 0.333. The quantitative estimate of drug-likeness (QED) is 0.326. The zero-order chi connectivity index (χ0) is 21.3. The van der Waals surface area contributed by atoms with E-state index in [0.29, 0.717) is 41.5 Å². The van der Waals surface area contributed by atoms with Gasteiger partial charge in [-0.1, -0.05) is 48.7 Å². The van der Waals surface area contributed by atoms with E-state index in [4.69, 9.17) is 9.47 Å². The maximum atomic E-state index is 9.66. The van der Waals surface area contributed by atoms with Gasteiger partial charge in [-0.05, 0) is 43.2 Å². The lowest BCUT2D eigenvalue weighted by Crippen LogP contribution is -2.04. The lowest BCUT2D eigenvalue weighted by atomic mass is 10.1. The van der Waals surface area contributed by atoms with Gasteiger partial charge >= 0.3 is 0 Å². The Hall–Kier alpha value is -2.78. The second kappa shape index (κ2) is 10.8. The minimum atomic E-state index is 0.474. The molecule has 0 spiro atoms. The predicted octanol–water partition coefficient (Wildman–Crippen LogP) is 6.97. The molecule has 1 aromatic heterocycles. The van der Waals surface area contributed by atoms with Crippen molar-refractivity contribution in [1.82, 2.24) is 4.98 Å². The summed E-state index contributed by atoms with van der Waals surface area (Å²) in [5, 5.41) is 13.9. The topological polar surface area (TPSA) is 67.2 Å². The Kier molecular flexibility index (Phi) is 7.92. The van der Waals surface area contributed by atoms with Crippen LogP contribution in [0.5, 0.6) is 11.5 Å². The van der Waals surface area contributed by atoms with E-state index >= 15 is 0 Å². The van der Waals surface area contributed by atoms with Crippen LogP contribution in [0.4, 0.5) is 11.4 Å². The SMILES string of the molecule is CCCCOc1ccc2c(Nc3cccc(Br)c3)c(C#N)cnc2c1OCCCC. The Morgan fingerprint density at radius 1 is 1.07 bits per heavy atom. The highest BCUT2D eigenvalue weighted by Crippen LogP contribution is 2.39. The summed E-state index contributed by atoms with van der Waals surface area (Å²) in [6.07, 6.45) is 5.61. The van der Waals surface area contributed by atoms with Crippen molar-refractivity contribution in [3.05, 3.63) is 52.6 Å². The van der Waals surface area contributed by atoms with Crippen LogP contribution in [0, 0.1) is 11.3 Å². The van der Waals surface area contributed by atoms with Gasteiger partial charge < -0.3 is 14.8 Å². The number of ether oxygens (including phenoxy) is 2. The van der Waals surface area contributed by atoms with Crippen molar-refractivity contribution in [1.29, 1.82) is 5.26 Å². The average Bonchev–Trinajstić information content (AvgIpc) is 2.75. The summed E-state index contributed by atoms with van der Waals surface area (Å²) in [6.45, 7) is 5.48. The van der Waals surface area contributed by atoms with Crippen molar-refractivity contribution in [2.24, 2.45) is 0 Å². The fourth-order valence-electron chi connectivity index (χ4n) is 3.05. The molecule has 0 atom stereocenters. The van der Waals surface area contributed by atoms with E-state index in [2.05, 4.69) is 46.1 Å². The first-order valence-electron chi connectivity index (χ1n) is 10.3. The van der Waals surface area contributed by atoms with Crippen LogP contribution in [0.2, 0.25) is 0 Å². The zero-order valence-corrected chi connectivity index (χ0v) is 19.0. The Bertz CT molecular complexity index is 1050. The number of hydrogen-bond acceptors (Lipinski definition) is 5. The molecule has 6 heteroatoms. The van der Waals surface area contributed by atoms with E-state index in [0.717, 1.165) is 41.2 Å². The standard InChI is InChI=1S/C24H26BrN3O2/c1-3-5-12-29-21-11-10-20-22(28-19-9-7-8-18(25)14-19)17(15-26)16-27-23(20)24(21)30-13-6-4-2/h7-11,14,16H,3-6,12-13H2,1-2H3,(H,27,28). The number of halogens is 1. The molecule has 0 bridgehead atoms. The molecule has 0 saturated heterocycles. The third-order valence-electron chi connectivity index (χ3n) is 4.67. The van der Waals surface area contributed by atoms with Gasteiger partial charge in [0.05, 0.1) is 24.5 Å². The Morgan fingerprint density at radius 3 is 2.53 bits per heavy atom. The number of rotatable bonds is 10. The van der Waals surface area contributed by atoms with Gasteiger partial charge in [0.25, 0.3) is 0 Å². The summed E-state index contributed by atoms with van der Waals surface area (Å²) in [4.78, 5) is 4.56. The maximum absolute atomic E-state index is 9.66. The zero-order valence-electron chi connectivity index (χ0n) is 17.4. The largest absolute Gasteiger partial charge is 0.490 e. The first kappa shape index (κ1) is 21.9. The molecule has 5 nitrogen and oxygen atoms in total. The normalized spacial score (nSPS) is 10.6. The number of aromatic nitrogens is 1. The minimum absolute atomic E-state index is 0.474. The van der Waals surface area contributed by atoms with E-state index in [1.165, 1.54) is 0 Å². The van der Waals surface area contributed by atoms with Gasteiger partial charge in [0.1, 0.15) is 11.6 Å². The Labute approximate surface area is 186 Å². The molecule has 0 saturated carbocycles. The average molecular weight is 468 g/mol. The van der Waals surface area contributed by atoms with Crippen LogP contribution in [0.3, 0.4) is 0 Å². The van der Waals surface area contributed by atoms with Crippen LogP contribution in [0.15, 0.2) is 47.1 Å². The molecule has 3 rings (SSSR count). The number of pyridine rings is 1. The summed E-state index contributed by atoms with van der Waals surface area (Å²) in [5.74, 6) is 1.33.